The van der Waals surface area contributed by atoms with E-state index in [4.69, 9.17) is 5.73 Å². The summed E-state index contributed by atoms with van der Waals surface area (Å²) in [5.74, 6) is 2.88. The van der Waals surface area contributed by atoms with Crippen molar-refractivity contribution in [2.75, 3.05) is 18.1 Å². The van der Waals surface area contributed by atoms with Crippen LogP contribution in [0.4, 0.5) is 0 Å². The third kappa shape index (κ3) is 1.81. The van der Waals surface area contributed by atoms with Crippen LogP contribution in [0.3, 0.4) is 0 Å². The SMILES string of the molecule is CC(CN)c1ccnn1C1CCSC1. The van der Waals surface area contributed by atoms with Crippen molar-refractivity contribution in [1.82, 2.24) is 9.78 Å². The molecule has 78 valence electrons. The Morgan fingerprint density at radius 1 is 1.79 bits per heavy atom. The van der Waals surface area contributed by atoms with Crippen LogP contribution in [0.15, 0.2) is 12.3 Å². The Labute approximate surface area is 89.1 Å². The molecule has 2 heterocycles. The molecule has 4 heteroatoms. The highest BCUT2D eigenvalue weighted by molar-refractivity contribution is 7.99. The minimum atomic E-state index is 0.420. The van der Waals surface area contributed by atoms with Gasteiger partial charge >= 0.3 is 0 Å². The molecule has 1 aromatic heterocycles. The lowest BCUT2D eigenvalue weighted by atomic mass is 10.1. The molecule has 2 unspecified atom stereocenters. The summed E-state index contributed by atoms with van der Waals surface area (Å²) in [6, 6.07) is 2.69. The maximum Gasteiger partial charge on any atom is 0.0620 e. The summed E-state index contributed by atoms with van der Waals surface area (Å²) in [6.07, 6.45) is 3.14. The summed E-state index contributed by atoms with van der Waals surface area (Å²) < 4.78 is 2.18. The first-order chi connectivity index (χ1) is 6.83. The van der Waals surface area contributed by atoms with E-state index in [1.165, 1.54) is 23.6 Å². The average molecular weight is 211 g/mol. The van der Waals surface area contributed by atoms with Crippen molar-refractivity contribution < 1.29 is 0 Å². The van der Waals surface area contributed by atoms with Gasteiger partial charge in [0.1, 0.15) is 0 Å². The molecule has 0 radical (unpaired) electrons. The van der Waals surface area contributed by atoms with E-state index in [-0.39, 0.29) is 0 Å². The number of aromatic nitrogens is 2. The zero-order valence-corrected chi connectivity index (χ0v) is 9.33. The van der Waals surface area contributed by atoms with E-state index in [0.29, 0.717) is 18.5 Å². The van der Waals surface area contributed by atoms with Crippen LogP contribution in [0.2, 0.25) is 0 Å². The second-order valence-corrected chi connectivity index (χ2v) is 5.00. The molecule has 0 saturated carbocycles. The molecule has 0 aromatic carbocycles. The monoisotopic (exact) mass is 211 g/mol. The Kier molecular flexibility index (Phi) is 3.13. The lowest BCUT2D eigenvalue weighted by molar-refractivity contribution is 0.468. The van der Waals surface area contributed by atoms with Crippen LogP contribution in [-0.4, -0.2) is 27.8 Å². The fraction of sp³-hybridized carbons (Fsp3) is 0.700. The predicted molar refractivity (Wildman–Crippen MR) is 60.7 cm³/mol. The molecule has 0 aliphatic carbocycles. The highest BCUT2D eigenvalue weighted by Gasteiger charge is 2.21. The Morgan fingerprint density at radius 2 is 2.64 bits per heavy atom. The van der Waals surface area contributed by atoms with Crippen molar-refractivity contribution in [3.05, 3.63) is 18.0 Å². The summed E-state index contributed by atoms with van der Waals surface area (Å²) in [5.41, 5.74) is 6.98. The van der Waals surface area contributed by atoms with Gasteiger partial charge in [-0.15, -0.1) is 0 Å². The quantitative estimate of drug-likeness (QED) is 0.826. The van der Waals surface area contributed by atoms with Gasteiger partial charge in [0.25, 0.3) is 0 Å². The van der Waals surface area contributed by atoms with Gasteiger partial charge in [0.2, 0.25) is 0 Å². The summed E-state index contributed by atoms with van der Waals surface area (Å²) in [5, 5.41) is 4.42. The molecular formula is C10H17N3S. The molecule has 3 nitrogen and oxygen atoms in total. The average Bonchev–Trinajstić information content (AvgIpc) is 2.85. The van der Waals surface area contributed by atoms with Gasteiger partial charge < -0.3 is 5.73 Å². The summed E-state index contributed by atoms with van der Waals surface area (Å²) in [6.45, 7) is 2.86. The number of hydrogen-bond donors (Lipinski definition) is 1. The van der Waals surface area contributed by atoms with Crippen molar-refractivity contribution in [3.63, 3.8) is 0 Å². The summed E-state index contributed by atoms with van der Waals surface area (Å²) >= 11 is 2.02. The summed E-state index contributed by atoms with van der Waals surface area (Å²) in [7, 11) is 0. The number of thioether (sulfide) groups is 1. The topological polar surface area (TPSA) is 43.8 Å². The molecular weight excluding hydrogens is 194 g/mol. The fourth-order valence-corrected chi connectivity index (χ4v) is 3.04. The highest BCUT2D eigenvalue weighted by atomic mass is 32.2. The van der Waals surface area contributed by atoms with Gasteiger partial charge in [0.15, 0.2) is 0 Å². The maximum absolute atomic E-state index is 5.68. The van der Waals surface area contributed by atoms with Crippen LogP contribution in [0.5, 0.6) is 0 Å². The summed E-state index contributed by atoms with van der Waals surface area (Å²) in [4.78, 5) is 0. The molecule has 0 amide bonds. The Bertz CT molecular complexity index is 291. The standard InChI is InChI=1S/C10H17N3S/c1-8(6-11)10-2-4-12-13(10)9-3-5-14-7-9/h2,4,8-9H,3,5-7,11H2,1H3. The molecule has 1 aliphatic rings. The van der Waals surface area contributed by atoms with Gasteiger partial charge in [-0.3, -0.25) is 4.68 Å². The maximum atomic E-state index is 5.68. The zero-order chi connectivity index (χ0) is 9.97. The first kappa shape index (κ1) is 10.1. The van der Waals surface area contributed by atoms with Crippen LogP contribution in [0.1, 0.15) is 31.0 Å². The van der Waals surface area contributed by atoms with Crippen molar-refractivity contribution in [1.29, 1.82) is 0 Å². The van der Waals surface area contributed by atoms with Crippen molar-refractivity contribution in [3.8, 4) is 0 Å². The fourth-order valence-electron chi connectivity index (χ4n) is 1.86. The van der Waals surface area contributed by atoms with E-state index in [1.807, 2.05) is 18.0 Å². The largest absolute Gasteiger partial charge is 0.330 e. The van der Waals surface area contributed by atoms with Crippen molar-refractivity contribution >= 4 is 11.8 Å². The van der Waals surface area contributed by atoms with E-state index in [9.17, 15) is 0 Å². The van der Waals surface area contributed by atoms with Crippen LogP contribution in [0, 0.1) is 0 Å². The molecule has 2 N–H and O–H groups in total. The second-order valence-electron chi connectivity index (χ2n) is 3.85. The molecule has 2 rings (SSSR count). The van der Waals surface area contributed by atoms with Gasteiger partial charge in [-0.2, -0.15) is 16.9 Å². The van der Waals surface area contributed by atoms with E-state index < -0.39 is 0 Å². The molecule has 1 aromatic rings. The van der Waals surface area contributed by atoms with E-state index >= 15 is 0 Å². The van der Waals surface area contributed by atoms with Crippen LogP contribution >= 0.6 is 11.8 Å². The molecule has 14 heavy (non-hydrogen) atoms. The second kappa shape index (κ2) is 4.36. The van der Waals surface area contributed by atoms with E-state index in [2.05, 4.69) is 22.8 Å². The van der Waals surface area contributed by atoms with Gasteiger partial charge in [-0.25, -0.2) is 0 Å². The molecule has 1 fully saturated rings. The molecule has 1 aliphatic heterocycles. The number of nitrogens with two attached hydrogens (primary N) is 1. The predicted octanol–water partition coefficient (Wildman–Crippen LogP) is 1.62. The zero-order valence-electron chi connectivity index (χ0n) is 8.52. The number of nitrogens with zero attached hydrogens (tertiary/aromatic N) is 2. The number of hydrogen-bond acceptors (Lipinski definition) is 3. The first-order valence-electron chi connectivity index (χ1n) is 5.14. The van der Waals surface area contributed by atoms with E-state index in [1.54, 1.807) is 0 Å². The Morgan fingerprint density at radius 3 is 3.29 bits per heavy atom. The lowest BCUT2D eigenvalue weighted by Gasteiger charge is -2.16. The Balaban J connectivity index is 2.19. The van der Waals surface area contributed by atoms with Crippen molar-refractivity contribution in [2.45, 2.75) is 25.3 Å². The number of rotatable bonds is 3. The Hall–Kier alpha value is -0.480. The minimum absolute atomic E-state index is 0.420. The van der Waals surface area contributed by atoms with Crippen LogP contribution in [0.25, 0.3) is 0 Å². The highest BCUT2D eigenvalue weighted by Crippen LogP contribution is 2.29. The molecule has 0 bridgehead atoms. The normalized spacial score (nSPS) is 24.0. The molecule has 2 atom stereocenters. The van der Waals surface area contributed by atoms with Crippen molar-refractivity contribution in [2.24, 2.45) is 5.73 Å². The minimum Gasteiger partial charge on any atom is -0.330 e. The van der Waals surface area contributed by atoms with E-state index in [0.717, 1.165) is 0 Å². The van der Waals surface area contributed by atoms with Gasteiger partial charge in [0.05, 0.1) is 6.04 Å². The van der Waals surface area contributed by atoms with Gasteiger partial charge in [-0.05, 0) is 18.2 Å². The third-order valence-electron chi connectivity index (χ3n) is 2.81. The lowest BCUT2D eigenvalue weighted by Crippen LogP contribution is -2.18. The molecule has 1 saturated heterocycles. The van der Waals surface area contributed by atoms with Gasteiger partial charge in [0, 0.05) is 30.1 Å². The molecule has 0 spiro atoms. The van der Waals surface area contributed by atoms with Crippen LogP contribution < -0.4 is 5.73 Å². The van der Waals surface area contributed by atoms with Crippen LogP contribution in [-0.2, 0) is 0 Å². The first-order valence-corrected chi connectivity index (χ1v) is 6.29. The van der Waals surface area contributed by atoms with Gasteiger partial charge in [-0.1, -0.05) is 6.92 Å². The smallest absolute Gasteiger partial charge is 0.0620 e. The third-order valence-corrected chi connectivity index (χ3v) is 3.96.